The zero-order valence-corrected chi connectivity index (χ0v) is 14.1. The minimum atomic E-state index is 0.238. The van der Waals surface area contributed by atoms with Gasteiger partial charge in [-0.2, -0.15) is 0 Å². The fraction of sp³-hybridized carbons (Fsp3) is 0.714. The van der Waals surface area contributed by atoms with Crippen molar-refractivity contribution in [2.24, 2.45) is 5.92 Å². The van der Waals surface area contributed by atoms with Gasteiger partial charge in [-0.05, 0) is 47.8 Å². The predicted molar refractivity (Wildman–Crippen MR) is 83.1 cm³/mol. The lowest BCUT2D eigenvalue weighted by atomic mass is 9.93. The summed E-state index contributed by atoms with van der Waals surface area (Å²) in [7, 11) is 0. The van der Waals surface area contributed by atoms with E-state index in [-0.39, 0.29) is 5.54 Å². The Bertz CT molecular complexity index is 400. The van der Waals surface area contributed by atoms with E-state index in [9.17, 15) is 0 Å². The minimum Gasteiger partial charge on any atom is -0.311 e. The molecule has 2 heterocycles. The van der Waals surface area contributed by atoms with Gasteiger partial charge in [-0.15, -0.1) is 11.3 Å². The molecule has 0 bridgehead atoms. The summed E-state index contributed by atoms with van der Waals surface area (Å²) in [6.45, 7) is 12.5. The summed E-state index contributed by atoms with van der Waals surface area (Å²) in [6.07, 6.45) is 0. The maximum absolute atomic E-state index is 3.68. The Hall–Kier alpha value is 0.1000. The van der Waals surface area contributed by atoms with E-state index >= 15 is 0 Å². The first-order valence-electron chi connectivity index (χ1n) is 6.61. The Balaban J connectivity index is 2.07. The van der Waals surface area contributed by atoms with E-state index in [0.29, 0.717) is 12.0 Å². The van der Waals surface area contributed by atoms with Crippen LogP contribution in [-0.2, 0) is 6.54 Å². The normalized spacial score (nSPS) is 24.7. The molecule has 1 fully saturated rings. The number of piperazine rings is 1. The highest BCUT2D eigenvalue weighted by atomic mass is 79.9. The summed E-state index contributed by atoms with van der Waals surface area (Å²) in [5.41, 5.74) is 0.238. The molecule has 1 saturated heterocycles. The second-order valence-electron chi connectivity index (χ2n) is 6.13. The molecule has 0 radical (unpaired) electrons. The molecule has 2 rings (SSSR count). The molecule has 0 amide bonds. The topological polar surface area (TPSA) is 15.3 Å². The van der Waals surface area contributed by atoms with E-state index in [1.54, 1.807) is 0 Å². The molecule has 0 saturated carbocycles. The Labute approximate surface area is 123 Å². The molecule has 102 valence electrons. The summed E-state index contributed by atoms with van der Waals surface area (Å²) < 4.78 is 1.23. The fourth-order valence-corrected chi connectivity index (χ4v) is 3.89. The number of nitrogens with one attached hydrogen (secondary N) is 1. The Morgan fingerprint density at radius 1 is 1.50 bits per heavy atom. The van der Waals surface area contributed by atoms with E-state index < -0.39 is 0 Å². The van der Waals surface area contributed by atoms with Gasteiger partial charge < -0.3 is 5.32 Å². The van der Waals surface area contributed by atoms with Crippen molar-refractivity contribution in [2.75, 3.05) is 13.1 Å². The molecule has 0 aliphatic carbocycles. The zero-order chi connectivity index (χ0) is 13.3. The largest absolute Gasteiger partial charge is 0.311 e. The van der Waals surface area contributed by atoms with E-state index in [0.717, 1.165) is 19.6 Å². The molecule has 1 aromatic rings. The van der Waals surface area contributed by atoms with Crippen molar-refractivity contribution < 1.29 is 0 Å². The summed E-state index contributed by atoms with van der Waals surface area (Å²) in [4.78, 5) is 4.06. The Morgan fingerprint density at radius 3 is 2.78 bits per heavy atom. The van der Waals surface area contributed by atoms with Gasteiger partial charge in [-0.1, -0.05) is 13.8 Å². The molecule has 1 N–H and O–H groups in total. The van der Waals surface area contributed by atoms with Crippen LogP contribution in [-0.4, -0.2) is 29.6 Å². The van der Waals surface area contributed by atoms with Gasteiger partial charge in [0.2, 0.25) is 0 Å². The van der Waals surface area contributed by atoms with E-state index in [2.05, 4.69) is 66.0 Å². The van der Waals surface area contributed by atoms with Crippen LogP contribution in [0.4, 0.5) is 0 Å². The highest BCUT2D eigenvalue weighted by Gasteiger charge is 2.34. The van der Waals surface area contributed by atoms with Crippen LogP contribution in [0.1, 0.15) is 32.6 Å². The summed E-state index contributed by atoms with van der Waals surface area (Å²) in [6, 6.07) is 4.99. The zero-order valence-electron chi connectivity index (χ0n) is 11.7. The quantitative estimate of drug-likeness (QED) is 0.908. The Morgan fingerprint density at radius 2 is 2.22 bits per heavy atom. The molecular formula is C14H23BrN2S. The lowest BCUT2D eigenvalue weighted by molar-refractivity contribution is 0.0484. The summed E-state index contributed by atoms with van der Waals surface area (Å²) in [5.74, 6) is 0.693. The van der Waals surface area contributed by atoms with Crippen LogP contribution >= 0.6 is 27.3 Å². The maximum Gasteiger partial charge on any atom is 0.0701 e. The van der Waals surface area contributed by atoms with Gasteiger partial charge in [0.25, 0.3) is 0 Å². The standard InChI is InChI=1S/C14H23BrN2S/c1-10(2)12-8-17(14(3,4)9-16-12)7-11-5-6-13(15)18-11/h5-6,10,12,16H,7-9H2,1-4H3. The molecule has 2 nitrogen and oxygen atoms in total. The highest BCUT2D eigenvalue weighted by Crippen LogP contribution is 2.28. The van der Waals surface area contributed by atoms with Gasteiger partial charge in [-0.25, -0.2) is 0 Å². The first kappa shape index (κ1) is 14.5. The van der Waals surface area contributed by atoms with Crippen LogP contribution in [0.25, 0.3) is 0 Å². The average molecular weight is 331 g/mol. The molecule has 18 heavy (non-hydrogen) atoms. The third-order valence-electron chi connectivity index (χ3n) is 3.85. The van der Waals surface area contributed by atoms with Crippen LogP contribution in [0.15, 0.2) is 15.9 Å². The number of hydrogen-bond donors (Lipinski definition) is 1. The first-order chi connectivity index (χ1) is 8.38. The number of hydrogen-bond acceptors (Lipinski definition) is 3. The predicted octanol–water partition coefficient (Wildman–Crippen LogP) is 3.72. The lowest BCUT2D eigenvalue weighted by Crippen LogP contribution is -2.62. The third-order valence-corrected chi connectivity index (χ3v) is 5.46. The fourth-order valence-electron chi connectivity index (χ4n) is 2.39. The van der Waals surface area contributed by atoms with Crippen LogP contribution in [0.2, 0.25) is 0 Å². The molecule has 1 atom stereocenters. The lowest BCUT2D eigenvalue weighted by Gasteiger charge is -2.47. The number of thiophene rings is 1. The SMILES string of the molecule is CC(C)C1CN(Cc2ccc(Br)s2)C(C)(C)CN1. The molecule has 1 aromatic heterocycles. The maximum atomic E-state index is 3.68. The van der Waals surface area contributed by atoms with Crippen LogP contribution in [0.5, 0.6) is 0 Å². The summed E-state index contributed by atoms with van der Waals surface area (Å²) >= 11 is 5.39. The molecule has 4 heteroatoms. The van der Waals surface area contributed by atoms with Crippen LogP contribution < -0.4 is 5.32 Å². The van der Waals surface area contributed by atoms with E-state index in [1.807, 2.05) is 11.3 Å². The van der Waals surface area contributed by atoms with Gasteiger partial charge in [0.15, 0.2) is 0 Å². The van der Waals surface area contributed by atoms with Gasteiger partial charge in [-0.3, -0.25) is 4.90 Å². The van der Waals surface area contributed by atoms with Crippen molar-refractivity contribution >= 4 is 27.3 Å². The van der Waals surface area contributed by atoms with Crippen molar-refractivity contribution in [3.63, 3.8) is 0 Å². The molecule has 0 aromatic carbocycles. The number of nitrogens with zero attached hydrogens (tertiary/aromatic N) is 1. The highest BCUT2D eigenvalue weighted by molar-refractivity contribution is 9.11. The van der Waals surface area contributed by atoms with E-state index in [4.69, 9.17) is 0 Å². The molecule has 0 spiro atoms. The second-order valence-corrected chi connectivity index (χ2v) is 8.68. The van der Waals surface area contributed by atoms with Crippen LogP contribution in [0.3, 0.4) is 0 Å². The van der Waals surface area contributed by atoms with Gasteiger partial charge >= 0.3 is 0 Å². The summed E-state index contributed by atoms with van der Waals surface area (Å²) in [5, 5.41) is 3.68. The smallest absolute Gasteiger partial charge is 0.0701 e. The van der Waals surface area contributed by atoms with Crippen molar-refractivity contribution in [3.8, 4) is 0 Å². The van der Waals surface area contributed by atoms with Gasteiger partial charge in [0, 0.05) is 36.1 Å². The molecule has 1 aliphatic heterocycles. The molecule has 1 aliphatic rings. The van der Waals surface area contributed by atoms with Crippen molar-refractivity contribution in [3.05, 3.63) is 20.8 Å². The van der Waals surface area contributed by atoms with Gasteiger partial charge in [0.1, 0.15) is 0 Å². The number of rotatable bonds is 3. The van der Waals surface area contributed by atoms with Gasteiger partial charge in [0.05, 0.1) is 3.79 Å². The Kier molecular flexibility index (Phi) is 4.52. The second kappa shape index (κ2) is 5.61. The average Bonchev–Trinajstić information content (AvgIpc) is 2.67. The van der Waals surface area contributed by atoms with Crippen LogP contribution in [0, 0.1) is 5.92 Å². The molecule has 1 unspecified atom stereocenters. The van der Waals surface area contributed by atoms with Crippen molar-refractivity contribution in [2.45, 2.75) is 45.8 Å². The van der Waals surface area contributed by atoms with Crippen molar-refractivity contribution in [1.29, 1.82) is 0 Å². The minimum absolute atomic E-state index is 0.238. The van der Waals surface area contributed by atoms with Crippen molar-refractivity contribution in [1.82, 2.24) is 10.2 Å². The van der Waals surface area contributed by atoms with E-state index in [1.165, 1.54) is 8.66 Å². The number of halogens is 1. The molecular weight excluding hydrogens is 308 g/mol. The monoisotopic (exact) mass is 330 g/mol. The first-order valence-corrected chi connectivity index (χ1v) is 8.22. The third kappa shape index (κ3) is 3.35.